The second-order valence-corrected chi connectivity index (χ2v) is 9.53. The van der Waals surface area contributed by atoms with Gasteiger partial charge < -0.3 is 15.4 Å². The van der Waals surface area contributed by atoms with Gasteiger partial charge in [-0.2, -0.15) is 0 Å². The van der Waals surface area contributed by atoms with Gasteiger partial charge in [0, 0.05) is 13.0 Å². The fourth-order valence-corrected chi connectivity index (χ4v) is 3.69. The summed E-state index contributed by atoms with van der Waals surface area (Å²) in [5, 5.41) is 5.62. The van der Waals surface area contributed by atoms with Gasteiger partial charge in [-0.15, -0.1) is 0 Å². The molecule has 2 aromatic rings. The van der Waals surface area contributed by atoms with E-state index in [9.17, 15) is 14.4 Å². The van der Waals surface area contributed by atoms with Crippen LogP contribution in [-0.4, -0.2) is 40.5 Å². The lowest BCUT2D eigenvalue weighted by Crippen LogP contribution is -2.56. The van der Waals surface area contributed by atoms with Crippen molar-refractivity contribution in [2.45, 2.75) is 71.8 Å². The first-order valence-corrected chi connectivity index (χ1v) is 11.2. The van der Waals surface area contributed by atoms with Gasteiger partial charge in [0.25, 0.3) is 0 Å². The molecule has 2 atom stereocenters. The summed E-state index contributed by atoms with van der Waals surface area (Å²) in [5.41, 5.74) is 3.44. The van der Waals surface area contributed by atoms with Crippen LogP contribution in [0.1, 0.15) is 49.9 Å². The van der Waals surface area contributed by atoms with Crippen LogP contribution in [0.2, 0.25) is 0 Å². The molecule has 176 valence electrons. The van der Waals surface area contributed by atoms with E-state index in [0.717, 1.165) is 22.3 Å². The molecule has 7 heteroatoms. The van der Waals surface area contributed by atoms with Gasteiger partial charge in [0.2, 0.25) is 11.8 Å². The maximum absolute atomic E-state index is 13.2. The molecule has 33 heavy (non-hydrogen) atoms. The molecule has 2 aromatic carbocycles. The van der Waals surface area contributed by atoms with Gasteiger partial charge in [-0.1, -0.05) is 54.1 Å². The highest BCUT2D eigenvalue weighted by atomic mass is 16.6. The fourth-order valence-electron chi connectivity index (χ4n) is 3.69. The lowest BCUT2D eigenvalue weighted by Gasteiger charge is -2.37. The number of carbonyl (C=O) groups excluding carboxylic acids is 3. The average Bonchev–Trinajstić information content (AvgIpc) is 2.76. The van der Waals surface area contributed by atoms with Crippen LogP contribution in [0.25, 0.3) is 0 Å². The van der Waals surface area contributed by atoms with Crippen LogP contribution in [0.15, 0.2) is 48.5 Å². The Hall–Kier alpha value is -3.35. The van der Waals surface area contributed by atoms with Crippen LogP contribution < -0.4 is 10.6 Å². The van der Waals surface area contributed by atoms with Crippen molar-refractivity contribution >= 4 is 17.9 Å². The molecular formula is C26H33N3O4. The molecule has 3 amide bonds. The highest BCUT2D eigenvalue weighted by Crippen LogP contribution is 2.25. The topological polar surface area (TPSA) is 87.7 Å². The predicted octanol–water partition coefficient (Wildman–Crippen LogP) is 3.48. The molecule has 1 heterocycles. The zero-order chi connectivity index (χ0) is 24.2. The molecule has 1 aliphatic rings. The first-order chi connectivity index (χ1) is 15.5. The number of amides is 3. The van der Waals surface area contributed by atoms with E-state index < -0.39 is 23.8 Å². The van der Waals surface area contributed by atoms with Crippen molar-refractivity contribution in [2.75, 3.05) is 0 Å². The first kappa shape index (κ1) is 24.3. The normalized spacial score (nSPS) is 16.4. The maximum atomic E-state index is 13.2. The smallest absolute Gasteiger partial charge is 0.411 e. The Kier molecular flexibility index (Phi) is 7.41. The van der Waals surface area contributed by atoms with Crippen molar-refractivity contribution in [3.05, 3.63) is 70.8 Å². The highest BCUT2D eigenvalue weighted by Gasteiger charge is 2.37. The zero-order valence-corrected chi connectivity index (χ0v) is 20.0. The van der Waals surface area contributed by atoms with E-state index in [1.807, 2.05) is 55.5 Å². The third-order valence-corrected chi connectivity index (χ3v) is 5.52. The number of hydrogen-bond donors (Lipinski definition) is 2. The molecule has 0 unspecified atom stereocenters. The lowest BCUT2D eigenvalue weighted by atomic mass is 9.93. The number of benzene rings is 2. The maximum Gasteiger partial charge on any atom is 0.411 e. The summed E-state index contributed by atoms with van der Waals surface area (Å²) in [6.07, 6.45) is -0.187. The summed E-state index contributed by atoms with van der Waals surface area (Å²) < 4.78 is 5.55. The lowest BCUT2D eigenvalue weighted by molar-refractivity contribution is -0.132. The number of rotatable bonds is 5. The summed E-state index contributed by atoms with van der Waals surface area (Å²) >= 11 is 0. The van der Waals surface area contributed by atoms with E-state index in [-0.39, 0.29) is 18.4 Å². The van der Waals surface area contributed by atoms with Crippen LogP contribution >= 0.6 is 0 Å². The van der Waals surface area contributed by atoms with Crippen molar-refractivity contribution in [3.63, 3.8) is 0 Å². The Balaban J connectivity index is 1.67. The van der Waals surface area contributed by atoms with Gasteiger partial charge in [-0.3, -0.25) is 14.5 Å². The minimum Gasteiger partial charge on any atom is -0.444 e. The molecule has 2 N–H and O–H groups in total. The highest BCUT2D eigenvalue weighted by molar-refractivity contribution is 5.91. The van der Waals surface area contributed by atoms with Crippen LogP contribution in [-0.2, 0) is 33.8 Å². The number of hydrogen-bond acceptors (Lipinski definition) is 4. The molecular weight excluding hydrogens is 418 g/mol. The first-order valence-electron chi connectivity index (χ1n) is 11.2. The van der Waals surface area contributed by atoms with Gasteiger partial charge in [-0.25, -0.2) is 4.79 Å². The summed E-state index contributed by atoms with van der Waals surface area (Å²) in [5.74, 6) is -0.669. The summed E-state index contributed by atoms with van der Waals surface area (Å²) in [4.78, 5) is 40.1. The van der Waals surface area contributed by atoms with E-state index in [0.29, 0.717) is 13.0 Å². The Labute approximate surface area is 195 Å². The number of aryl methyl sites for hydroxylation is 1. The molecule has 7 nitrogen and oxygen atoms in total. The summed E-state index contributed by atoms with van der Waals surface area (Å²) in [6.45, 7) is 9.66. The second kappa shape index (κ2) is 10.1. The van der Waals surface area contributed by atoms with E-state index in [4.69, 9.17) is 4.74 Å². The van der Waals surface area contributed by atoms with Crippen molar-refractivity contribution in [1.82, 2.24) is 15.5 Å². The Bertz CT molecular complexity index is 1010. The Morgan fingerprint density at radius 1 is 1.06 bits per heavy atom. The van der Waals surface area contributed by atoms with E-state index >= 15 is 0 Å². The van der Waals surface area contributed by atoms with Gasteiger partial charge >= 0.3 is 6.09 Å². The summed E-state index contributed by atoms with van der Waals surface area (Å²) in [7, 11) is 0. The fraction of sp³-hybridized carbons (Fsp3) is 0.423. The van der Waals surface area contributed by atoms with Crippen LogP contribution in [0, 0.1) is 6.92 Å². The van der Waals surface area contributed by atoms with Crippen LogP contribution in [0.5, 0.6) is 0 Å². The number of nitrogens with one attached hydrogen (secondary N) is 2. The zero-order valence-electron chi connectivity index (χ0n) is 20.0. The van der Waals surface area contributed by atoms with Gasteiger partial charge in [0.05, 0.1) is 6.54 Å². The van der Waals surface area contributed by atoms with Gasteiger partial charge in [0.15, 0.2) is 0 Å². The molecule has 0 spiro atoms. The molecule has 0 radical (unpaired) electrons. The summed E-state index contributed by atoms with van der Waals surface area (Å²) in [6, 6.07) is 14.1. The molecule has 3 rings (SSSR count). The van der Waals surface area contributed by atoms with Crippen LogP contribution in [0.4, 0.5) is 4.79 Å². The monoisotopic (exact) mass is 451 g/mol. The SMILES string of the molecule is Cc1ccc(CNC(=O)[C@H](C)NC(=O)[C@H]2Cc3ccccc3CN2C(=O)OC(C)(C)C)cc1. The molecule has 0 saturated carbocycles. The van der Waals surface area contributed by atoms with Crippen molar-refractivity contribution in [3.8, 4) is 0 Å². The van der Waals surface area contributed by atoms with Crippen LogP contribution in [0.3, 0.4) is 0 Å². The number of ether oxygens (including phenoxy) is 1. The minimum absolute atomic E-state index is 0.275. The second-order valence-electron chi connectivity index (χ2n) is 9.53. The third kappa shape index (κ3) is 6.57. The quantitative estimate of drug-likeness (QED) is 0.729. The van der Waals surface area contributed by atoms with Gasteiger partial charge in [0.1, 0.15) is 17.7 Å². The van der Waals surface area contributed by atoms with Crippen molar-refractivity contribution < 1.29 is 19.1 Å². The van der Waals surface area contributed by atoms with E-state index in [1.54, 1.807) is 27.7 Å². The minimum atomic E-state index is -0.762. The van der Waals surface area contributed by atoms with Crippen molar-refractivity contribution in [1.29, 1.82) is 0 Å². The molecule has 0 aromatic heterocycles. The van der Waals surface area contributed by atoms with E-state index in [2.05, 4.69) is 10.6 Å². The molecule has 0 bridgehead atoms. The number of fused-ring (bicyclic) bond motifs is 1. The van der Waals surface area contributed by atoms with Crippen molar-refractivity contribution in [2.24, 2.45) is 0 Å². The largest absolute Gasteiger partial charge is 0.444 e. The van der Waals surface area contributed by atoms with Gasteiger partial charge in [-0.05, 0) is 51.3 Å². The predicted molar refractivity (Wildman–Crippen MR) is 126 cm³/mol. The molecule has 0 saturated heterocycles. The standard InChI is InChI=1S/C26H33N3O4/c1-17-10-12-19(13-11-17)15-27-23(30)18(2)28-24(31)22-14-20-8-6-7-9-21(20)16-29(22)25(32)33-26(3,4)5/h6-13,18,22H,14-16H2,1-5H3,(H,27,30)(H,28,31)/t18-,22+/m0/s1. The van der Waals surface area contributed by atoms with E-state index in [1.165, 1.54) is 4.90 Å². The Morgan fingerprint density at radius 2 is 1.70 bits per heavy atom. The average molecular weight is 452 g/mol. The molecule has 0 aliphatic carbocycles. The third-order valence-electron chi connectivity index (χ3n) is 5.52. The Morgan fingerprint density at radius 3 is 2.33 bits per heavy atom. The number of nitrogens with zero attached hydrogens (tertiary/aromatic N) is 1. The number of carbonyl (C=O) groups is 3. The molecule has 0 fully saturated rings. The molecule has 1 aliphatic heterocycles.